The number of aliphatic hydroxyl groups excluding tert-OH is 1. The van der Waals surface area contributed by atoms with E-state index < -0.39 is 5.97 Å². The van der Waals surface area contributed by atoms with Gasteiger partial charge < -0.3 is 27.2 Å². The molecule has 80 valence electrons. The molecule has 0 aliphatic heterocycles. The summed E-state index contributed by atoms with van der Waals surface area (Å²) in [5.41, 5.74) is 0. The highest BCUT2D eigenvalue weighted by Gasteiger charge is 1.90. The van der Waals surface area contributed by atoms with Crippen LogP contribution < -0.4 is 17.3 Å². The van der Waals surface area contributed by atoms with E-state index in [1.54, 1.807) is 0 Å². The van der Waals surface area contributed by atoms with Crippen LogP contribution in [-0.4, -0.2) is 45.4 Å². The minimum atomic E-state index is -0.501. The van der Waals surface area contributed by atoms with Crippen molar-refractivity contribution in [2.75, 3.05) is 34.4 Å². The van der Waals surface area contributed by atoms with Crippen molar-refractivity contribution < 1.29 is 31.9 Å². The lowest BCUT2D eigenvalue weighted by molar-refractivity contribution is -0.836. The lowest BCUT2D eigenvalue weighted by Crippen LogP contribution is -3.02. The molecule has 0 saturated carbocycles. The van der Waals surface area contributed by atoms with Gasteiger partial charge in [-0.25, -0.2) is 4.79 Å². The van der Waals surface area contributed by atoms with Crippen molar-refractivity contribution in [2.45, 2.75) is 0 Å². The minimum Gasteiger partial charge on any atom is -1.00 e. The number of rotatable bonds is 3. The van der Waals surface area contributed by atoms with Gasteiger partial charge in [-0.05, 0) is 0 Å². The van der Waals surface area contributed by atoms with E-state index in [4.69, 9.17) is 5.11 Å². The SMILES string of the molecule is C=CC(=O)OCCO.C[NH+](C)C.[Cl-]. The molecule has 0 rings (SSSR count). The van der Waals surface area contributed by atoms with Crippen LogP contribution in [0.5, 0.6) is 0 Å². The number of aliphatic hydroxyl groups is 1. The van der Waals surface area contributed by atoms with Crippen LogP contribution in [0.1, 0.15) is 0 Å². The van der Waals surface area contributed by atoms with Gasteiger partial charge in [0, 0.05) is 6.08 Å². The first-order valence-corrected chi connectivity index (χ1v) is 3.71. The fourth-order valence-corrected chi connectivity index (χ4v) is 0.205. The van der Waals surface area contributed by atoms with Crippen molar-refractivity contribution in [3.05, 3.63) is 12.7 Å². The van der Waals surface area contributed by atoms with E-state index in [0.717, 1.165) is 6.08 Å². The van der Waals surface area contributed by atoms with Crippen LogP contribution in [0.4, 0.5) is 0 Å². The van der Waals surface area contributed by atoms with Crippen LogP contribution >= 0.6 is 0 Å². The summed E-state index contributed by atoms with van der Waals surface area (Å²) in [5, 5.41) is 8.10. The predicted molar refractivity (Wildman–Crippen MR) is 47.0 cm³/mol. The molecular weight excluding hydrogens is 194 g/mol. The number of carbonyl (C=O) groups excluding carboxylic acids is 1. The molecule has 0 unspecified atom stereocenters. The maximum atomic E-state index is 10.1. The van der Waals surface area contributed by atoms with Gasteiger partial charge in [0.15, 0.2) is 0 Å². The van der Waals surface area contributed by atoms with Gasteiger partial charge in [-0.2, -0.15) is 0 Å². The van der Waals surface area contributed by atoms with E-state index in [2.05, 4.69) is 32.5 Å². The molecule has 0 aromatic heterocycles. The van der Waals surface area contributed by atoms with E-state index in [0.29, 0.717) is 0 Å². The fraction of sp³-hybridized carbons (Fsp3) is 0.625. The molecule has 0 fully saturated rings. The molecule has 4 nitrogen and oxygen atoms in total. The molecule has 0 spiro atoms. The van der Waals surface area contributed by atoms with Gasteiger partial charge in [0.25, 0.3) is 0 Å². The number of nitrogens with one attached hydrogen (secondary N) is 1. The Kier molecular flexibility index (Phi) is 19.6. The summed E-state index contributed by atoms with van der Waals surface area (Å²) in [4.78, 5) is 11.5. The Morgan fingerprint density at radius 1 is 1.54 bits per heavy atom. The predicted octanol–water partition coefficient (Wildman–Crippen LogP) is -4.53. The number of ether oxygens (including phenoxy) is 1. The van der Waals surface area contributed by atoms with Crippen molar-refractivity contribution in [3.8, 4) is 0 Å². The highest BCUT2D eigenvalue weighted by atomic mass is 35.5. The number of quaternary nitrogens is 1. The molecule has 2 N–H and O–H groups in total. The molecule has 0 radical (unpaired) electrons. The Morgan fingerprint density at radius 2 is 1.92 bits per heavy atom. The third kappa shape index (κ3) is 34.5. The molecule has 0 heterocycles. The number of esters is 1. The van der Waals surface area contributed by atoms with Crippen LogP contribution in [0.3, 0.4) is 0 Å². The average Bonchev–Trinajstić information content (AvgIpc) is 1.99. The van der Waals surface area contributed by atoms with Crippen molar-refractivity contribution in [1.29, 1.82) is 0 Å². The van der Waals surface area contributed by atoms with Crippen LogP contribution in [0, 0.1) is 0 Å². The lowest BCUT2D eigenvalue weighted by Gasteiger charge is -1.94. The first-order valence-electron chi connectivity index (χ1n) is 3.71. The Labute approximate surface area is 85.6 Å². The van der Waals surface area contributed by atoms with Crippen molar-refractivity contribution >= 4 is 5.97 Å². The molecule has 5 heteroatoms. The van der Waals surface area contributed by atoms with Gasteiger partial charge in [-0.1, -0.05) is 6.58 Å². The van der Waals surface area contributed by atoms with Crippen molar-refractivity contribution in [3.63, 3.8) is 0 Å². The van der Waals surface area contributed by atoms with Gasteiger partial charge in [-0.15, -0.1) is 0 Å². The number of halogens is 1. The summed E-state index contributed by atoms with van der Waals surface area (Å²) in [6.07, 6.45) is 1.05. The van der Waals surface area contributed by atoms with E-state index in [9.17, 15) is 4.79 Å². The molecule has 0 aromatic carbocycles. The Hall–Kier alpha value is -0.580. The summed E-state index contributed by atoms with van der Waals surface area (Å²) >= 11 is 0. The normalized spacial score (nSPS) is 7.77. The second-order valence-electron chi connectivity index (χ2n) is 2.60. The molecule has 13 heavy (non-hydrogen) atoms. The number of hydrogen-bond donors (Lipinski definition) is 2. The van der Waals surface area contributed by atoms with Gasteiger partial charge in [0.1, 0.15) is 6.61 Å². The quantitative estimate of drug-likeness (QED) is 0.366. The van der Waals surface area contributed by atoms with E-state index in [1.807, 2.05) is 0 Å². The maximum absolute atomic E-state index is 10.1. The molecule has 0 aliphatic carbocycles. The summed E-state index contributed by atoms with van der Waals surface area (Å²) in [7, 11) is 6.25. The smallest absolute Gasteiger partial charge is 0.330 e. The van der Waals surface area contributed by atoms with Crippen molar-refractivity contribution in [1.82, 2.24) is 0 Å². The zero-order valence-electron chi connectivity index (χ0n) is 8.34. The summed E-state index contributed by atoms with van der Waals surface area (Å²) < 4.78 is 4.33. The van der Waals surface area contributed by atoms with Gasteiger partial charge >= 0.3 is 5.97 Å². The first-order chi connectivity index (χ1) is 5.54. The van der Waals surface area contributed by atoms with Crippen molar-refractivity contribution in [2.24, 2.45) is 0 Å². The average molecular weight is 212 g/mol. The van der Waals surface area contributed by atoms with Crippen LogP contribution in [0.15, 0.2) is 12.7 Å². The minimum absolute atomic E-state index is 0. The molecule has 0 saturated heterocycles. The first kappa shape index (κ1) is 18.3. The number of carbonyl (C=O) groups is 1. The number of hydrogen-bond acceptors (Lipinski definition) is 3. The van der Waals surface area contributed by atoms with E-state index in [1.165, 1.54) is 4.90 Å². The summed E-state index contributed by atoms with van der Waals surface area (Å²) in [5.74, 6) is -0.501. The standard InChI is InChI=1S/C5H8O3.C3H9N.ClH/c1-2-5(7)8-4-3-6;1-4(2)3;/h2,6H,1,3-4H2;1-3H3;1H. The molecule has 0 bridgehead atoms. The zero-order valence-corrected chi connectivity index (χ0v) is 9.10. The summed E-state index contributed by atoms with van der Waals surface area (Å²) in [6.45, 7) is 3.06. The summed E-state index contributed by atoms with van der Waals surface area (Å²) in [6, 6.07) is 0. The third-order valence-corrected chi connectivity index (χ3v) is 0.502. The topological polar surface area (TPSA) is 51.0 Å². The van der Waals surface area contributed by atoms with E-state index >= 15 is 0 Å². The molecular formula is C8H18ClNO3. The Bertz CT molecular complexity index is 126. The van der Waals surface area contributed by atoms with Crippen LogP contribution in [0.2, 0.25) is 0 Å². The highest BCUT2D eigenvalue weighted by molar-refractivity contribution is 5.81. The highest BCUT2D eigenvalue weighted by Crippen LogP contribution is 1.75. The molecule has 0 aliphatic rings. The van der Waals surface area contributed by atoms with Crippen LogP contribution in [-0.2, 0) is 9.53 Å². The van der Waals surface area contributed by atoms with Crippen LogP contribution in [0.25, 0.3) is 0 Å². The van der Waals surface area contributed by atoms with Gasteiger partial charge in [0.2, 0.25) is 0 Å². The zero-order chi connectivity index (χ0) is 9.98. The largest absolute Gasteiger partial charge is 1.00 e. The molecule has 0 aromatic rings. The monoisotopic (exact) mass is 211 g/mol. The Morgan fingerprint density at radius 3 is 2.15 bits per heavy atom. The van der Waals surface area contributed by atoms with Gasteiger partial charge in [-0.3, -0.25) is 0 Å². The molecule has 0 amide bonds. The third-order valence-electron chi connectivity index (χ3n) is 0.502. The second kappa shape index (κ2) is 14.0. The second-order valence-corrected chi connectivity index (χ2v) is 2.60. The van der Waals surface area contributed by atoms with E-state index in [-0.39, 0.29) is 25.6 Å². The fourth-order valence-electron chi connectivity index (χ4n) is 0.205. The molecule has 0 atom stereocenters. The lowest BCUT2D eigenvalue weighted by atomic mass is 10.6. The van der Waals surface area contributed by atoms with Gasteiger partial charge in [0.05, 0.1) is 27.7 Å². The maximum Gasteiger partial charge on any atom is 0.330 e. The Balaban J connectivity index is -0.000000173.